The number of sulfonamides is 1. The van der Waals surface area contributed by atoms with Crippen LogP contribution in [0.15, 0.2) is 24.3 Å². The highest BCUT2D eigenvalue weighted by molar-refractivity contribution is 7.88. The van der Waals surface area contributed by atoms with Crippen LogP contribution in [0.5, 0.6) is 0 Å². The highest BCUT2D eigenvalue weighted by Crippen LogP contribution is 2.40. The summed E-state index contributed by atoms with van der Waals surface area (Å²) in [4.78, 5) is 11.2. The number of nitrogens with one attached hydrogen (secondary N) is 1. The van der Waals surface area contributed by atoms with Gasteiger partial charge in [-0.1, -0.05) is 18.6 Å². The topological polar surface area (TPSA) is 107 Å². The highest BCUT2D eigenvalue weighted by Gasteiger charge is 2.44. The van der Waals surface area contributed by atoms with Crippen molar-refractivity contribution in [2.75, 3.05) is 6.54 Å². The lowest BCUT2D eigenvalue weighted by atomic mass is 9.69. The van der Waals surface area contributed by atoms with Crippen molar-refractivity contribution in [2.24, 2.45) is 5.41 Å². The molecule has 1 aromatic carbocycles. The average Bonchev–Trinajstić information content (AvgIpc) is 2.37. The van der Waals surface area contributed by atoms with Crippen molar-refractivity contribution in [3.8, 4) is 6.07 Å². The molecule has 0 heterocycles. The Balaban J connectivity index is 1.98. The zero-order chi connectivity index (χ0) is 15.5. The maximum atomic E-state index is 12.0. The van der Waals surface area contributed by atoms with Crippen LogP contribution in [-0.4, -0.2) is 26.0 Å². The maximum Gasteiger partial charge on any atom is 0.310 e. The van der Waals surface area contributed by atoms with Crippen LogP contribution in [0, 0.1) is 16.7 Å². The standard InChI is InChI=1S/C14H16N2O4S/c15-8-11-2-4-12(5-3-11)9-21(19,20)16-10-14(13(17)18)6-1-7-14/h2-5,16H,1,6-7,9-10H2,(H,17,18). The third kappa shape index (κ3) is 3.60. The van der Waals surface area contributed by atoms with E-state index in [0.29, 0.717) is 24.0 Å². The molecule has 0 amide bonds. The van der Waals surface area contributed by atoms with Crippen molar-refractivity contribution in [3.63, 3.8) is 0 Å². The second kappa shape index (κ2) is 5.84. The van der Waals surface area contributed by atoms with Gasteiger partial charge in [0, 0.05) is 6.54 Å². The van der Waals surface area contributed by atoms with E-state index in [1.807, 2.05) is 6.07 Å². The summed E-state index contributed by atoms with van der Waals surface area (Å²) < 4.78 is 26.4. The molecule has 1 fully saturated rings. The zero-order valence-electron chi connectivity index (χ0n) is 11.4. The molecule has 1 saturated carbocycles. The van der Waals surface area contributed by atoms with Crippen LogP contribution in [0.25, 0.3) is 0 Å². The molecule has 0 aromatic heterocycles. The number of carbonyl (C=O) groups is 1. The molecule has 0 saturated heterocycles. The highest BCUT2D eigenvalue weighted by atomic mass is 32.2. The Labute approximate surface area is 123 Å². The van der Waals surface area contributed by atoms with Gasteiger partial charge in [-0.2, -0.15) is 5.26 Å². The number of nitrogens with zero attached hydrogens (tertiary/aromatic N) is 1. The molecule has 21 heavy (non-hydrogen) atoms. The van der Waals surface area contributed by atoms with Crippen LogP contribution in [0.1, 0.15) is 30.4 Å². The van der Waals surface area contributed by atoms with Crippen LogP contribution in [0.2, 0.25) is 0 Å². The van der Waals surface area contributed by atoms with Crippen molar-refractivity contribution in [1.82, 2.24) is 4.72 Å². The fraction of sp³-hybridized carbons (Fsp3) is 0.429. The third-order valence-corrected chi connectivity index (χ3v) is 5.13. The molecule has 0 bridgehead atoms. The van der Waals surface area contributed by atoms with E-state index in [4.69, 9.17) is 10.4 Å². The molecule has 112 valence electrons. The van der Waals surface area contributed by atoms with Crippen LogP contribution in [0.4, 0.5) is 0 Å². The molecular weight excluding hydrogens is 292 g/mol. The Morgan fingerprint density at radius 3 is 2.38 bits per heavy atom. The largest absolute Gasteiger partial charge is 0.481 e. The minimum Gasteiger partial charge on any atom is -0.481 e. The van der Waals surface area contributed by atoms with E-state index < -0.39 is 21.4 Å². The van der Waals surface area contributed by atoms with Crippen molar-refractivity contribution < 1.29 is 18.3 Å². The van der Waals surface area contributed by atoms with Gasteiger partial charge in [-0.25, -0.2) is 13.1 Å². The monoisotopic (exact) mass is 308 g/mol. The molecule has 7 heteroatoms. The molecule has 1 aliphatic carbocycles. The van der Waals surface area contributed by atoms with Gasteiger partial charge in [0.2, 0.25) is 10.0 Å². The number of aliphatic carboxylic acids is 1. The molecule has 0 unspecified atom stereocenters. The van der Waals surface area contributed by atoms with Gasteiger partial charge in [0.25, 0.3) is 0 Å². The molecular formula is C14H16N2O4S. The van der Waals surface area contributed by atoms with Gasteiger partial charge >= 0.3 is 5.97 Å². The smallest absolute Gasteiger partial charge is 0.310 e. The minimum atomic E-state index is -3.59. The molecule has 1 aromatic rings. The average molecular weight is 308 g/mol. The summed E-state index contributed by atoms with van der Waals surface area (Å²) in [6.07, 6.45) is 1.81. The summed E-state index contributed by atoms with van der Waals surface area (Å²) in [5.74, 6) is -1.18. The van der Waals surface area contributed by atoms with E-state index >= 15 is 0 Å². The third-order valence-electron chi connectivity index (χ3n) is 3.83. The Morgan fingerprint density at radius 1 is 1.33 bits per heavy atom. The molecule has 0 radical (unpaired) electrons. The van der Waals surface area contributed by atoms with Gasteiger partial charge in [-0.05, 0) is 30.5 Å². The van der Waals surface area contributed by atoms with Gasteiger partial charge in [0.1, 0.15) is 0 Å². The van der Waals surface area contributed by atoms with E-state index in [2.05, 4.69) is 4.72 Å². The van der Waals surface area contributed by atoms with Crippen molar-refractivity contribution in [1.29, 1.82) is 5.26 Å². The van der Waals surface area contributed by atoms with E-state index in [0.717, 1.165) is 6.42 Å². The van der Waals surface area contributed by atoms with Gasteiger partial charge < -0.3 is 5.11 Å². The summed E-state index contributed by atoms with van der Waals surface area (Å²) in [6, 6.07) is 8.22. The van der Waals surface area contributed by atoms with Gasteiger partial charge in [0.15, 0.2) is 0 Å². The number of carboxylic acids is 1. The number of hydrogen-bond acceptors (Lipinski definition) is 4. The van der Waals surface area contributed by atoms with E-state index in [1.165, 1.54) is 0 Å². The first-order valence-electron chi connectivity index (χ1n) is 6.57. The maximum absolute atomic E-state index is 12.0. The van der Waals surface area contributed by atoms with Crippen LogP contribution >= 0.6 is 0 Å². The first-order chi connectivity index (χ1) is 9.87. The fourth-order valence-corrected chi connectivity index (χ4v) is 3.49. The first-order valence-corrected chi connectivity index (χ1v) is 8.22. The molecule has 6 nitrogen and oxygen atoms in total. The van der Waals surface area contributed by atoms with E-state index in [1.54, 1.807) is 24.3 Å². The summed E-state index contributed by atoms with van der Waals surface area (Å²) >= 11 is 0. The second-order valence-corrected chi connectivity index (χ2v) is 7.13. The quantitative estimate of drug-likeness (QED) is 0.822. The minimum absolute atomic E-state index is 0.0685. The van der Waals surface area contributed by atoms with E-state index in [9.17, 15) is 13.2 Å². The molecule has 0 atom stereocenters. The van der Waals surface area contributed by atoms with Crippen LogP contribution in [-0.2, 0) is 20.6 Å². The molecule has 2 rings (SSSR count). The molecule has 1 aliphatic rings. The number of benzene rings is 1. The summed E-state index contributed by atoms with van der Waals surface area (Å²) in [5, 5.41) is 17.8. The fourth-order valence-electron chi connectivity index (χ4n) is 2.26. The zero-order valence-corrected chi connectivity index (χ0v) is 12.2. The molecule has 0 aliphatic heterocycles. The first kappa shape index (κ1) is 15.5. The lowest BCUT2D eigenvalue weighted by Crippen LogP contribution is -2.47. The van der Waals surface area contributed by atoms with E-state index in [-0.39, 0.29) is 12.3 Å². The summed E-state index contributed by atoms with van der Waals surface area (Å²) in [5.41, 5.74) is 0.0699. The Bertz CT molecular complexity index is 670. The Kier molecular flexibility index (Phi) is 4.30. The van der Waals surface area contributed by atoms with Crippen molar-refractivity contribution in [3.05, 3.63) is 35.4 Å². The Hall–Kier alpha value is -1.91. The van der Waals surface area contributed by atoms with Gasteiger partial charge in [-0.15, -0.1) is 0 Å². The predicted molar refractivity (Wildman–Crippen MR) is 75.7 cm³/mol. The number of nitriles is 1. The number of carboxylic acid groups (broad SMARTS) is 1. The van der Waals surface area contributed by atoms with Crippen molar-refractivity contribution in [2.45, 2.75) is 25.0 Å². The van der Waals surface area contributed by atoms with Gasteiger partial charge in [0.05, 0.1) is 22.8 Å². The Morgan fingerprint density at radius 2 is 1.95 bits per heavy atom. The number of hydrogen-bond donors (Lipinski definition) is 2. The van der Waals surface area contributed by atoms with Crippen LogP contribution in [0.3, 0.4) is 0 Å². The number of rotatable bonds is 6. The second-order valence-electron chi connectivity index (χ2n) is 5.33. The predicted octanol–water partition coefficient (Wildman–Crippen LogP) is 1.23. The van der Waals surface area contributed by atoms with Crippen molar-refractivity contribution >= 4 is 16.0 Å². The molecule has 0 spiro atoms. The normalized spacial score (nSPS) is 16.7. The summed E-state index contributed by atoms with van der Waals surface area (Å²) in [7, 11) is -3.59. The molecule has 2 N–H and O–H groups in total. The lowest BCUT2D eigenvalue weighted by Gasteiger charge is -2.37. The lowest BCUT2D eigenvalue weighted by molar-refractivity contribution is -0.153. The summed E-state index contributed by atoms with van der Waals surface area (Å²) in [6.45, 7) is -0.0685. The van der Waals surface area contributed by atoms with Gasteiger partial charge in [-0.3, -0.25) is 4.79 Å². The SMILES string of the molecule is N#Cc1ccc(CS(=O)(=O)NCC2(C(=O)O)CCC2)cc1. The van der Waals surface area contributed by atoms with Crippen LogP contribution < -0.4 is 4.72 Å².